The molecule has 0 atom stereocenters. The quantitative estimate of drug-likeness (QED) is 0.688. The van der Waals surface area contributed by atoms with Gasteiger partial charge in [0, 0.05) is 25.5 Å². The van der Waals surface area contributed by atoms with Crippen molar-refractivity contribution in [3.05, 3.63) is 23.5 Å². The number of aromatic nitrogens is 4. The van der Waals surface area contributed by atoms with Crippen LogP contribution in [0.2, 0.25) is 0 Å². The van der Waals surface area contributed by atoms with Gasteiger partial charge in [0.15, 0.2) is 0 Å². The summed E-state index contributed by atoms with van der Waals surface area (Å²) < 4.78 is 0. The Morgan fingerprint density at radius 2 is 2.27 bits per heavy atom. The van der Waals surface area contributed by atoms with Crippen LogP contribution in [-0.2, 0) is 6.54 Å². The standard InChI is InChI=1S/C9H14N6/c1-6-3-7(4-11-6)5-15(2)9-12-8(10)13-14-9/h3-4,11H,5H2,1-2H3,(H3,10,12,13,14). The van der Waals surface area contributed by atoms with Crippen molar-refractivity contribution in [1.82, 2.24) is 20.2 Å². The van der Waals surface area contributed by atoms with Crippen molar-refractivity contribution in [3.8, 4) is 0 Å². The number of hydrogen-bond acceptors (Lipinski definition) is 4. The fourth-order valence-electron chi connectivity index (χ4n) is 1.45. The zero-order valence-corrected chi connectivity index (χ0v) is 8.78. The van der Waals surface area contributed by atoms with Gasteiger partial charge in [-0.1, -0.05) is 0 Å². The molecule has 0 fully saturated rings. The van der Waals surface area contributed by atoms with Crippen LogP contribution >= 0.6 is 0 Å². The number of H-pyrrole nitrogens is 2. The van der Waals surface area contributed by atoms with Crippen molar-refractivity contribution in [1.29, 1.82) is 0 Å². The van der Waals surface area contributed by atoms with Crippen molar-refractivity contribution in [3.63, 3.8) is 0 Å². The molecule has 0 aliphatic rings. The molecule has 2 aromatic rings. The fraction of sp³-hybridized carbons (Fsp3) is 0.333. The maximum absolute atomic E-state index is 5.45. The minimum absolute atomic E-state index is 0.335. The first-order valence-corrected chi connectivity index (χ1v) is 4.68. The lowest BCUT2D eigenvalue weighted by Crippen LogP contribution is -2.17. The Morgan fingerprint density at radius 3 is 2.80 bits per heavy atom. The highest BCUT2D eigenvalue weighted by Gasteiger charge is 2.07. The number of aryl methyl sites for hydroxylation is 1. The Hall–Kier alpha value is -1.98. The minimum atomic E-state index is 0.335. The summed E-state index contributed by atoms with van der Waals surface area (Å²) in [7, 11) is 1.93. The maximum atomic E-state index is 5.45. The maximum Gasteiger partial charge on any atom is 0.226 e. The first-order valence-electron chi connectivity index (χ1n) is 4.68. The van der Waals surface area contributed by atoms with Crippen molar-refractivity contribution in [2.24, 2.45) is 0 Å². The lowest BCUT2D eigenvalue weighted by Gasteiger charge is -2.13. The van der Waals surface area contributed by atoms with E-state index in [1.807, 2.05) is 25.1 Å². The molecule has 0 aliphatic carbocycles. The topological polar surface area (TPSA) is 86.6 Å². The molecule has 2 aromatic heterocycles. The summed E-state index contributed by atoms with van der Waals surface area (Å²) in [4.78, 5) is 7.96. The van der Waals surface area contributed by atoms with Crippen LogP contribution in [0.15, 0.2) is 12.3 Å². The molecule has 4 N–H and O–H groups in total. The first kappa shape index (κ1) is 9.57. The van der Waals surface area contributed by atoms with Gasteiger partial charge < -0.3 is 15.6 Å². The Kier molecular flexibility index (Phi) is 2.32. The third-order valence-corrected chi connectivity index (χ3v) is 2.16. The molecule has 0 bridgehead atoms. The summed E-state index contributed by atoms with van der Waals surface area (Å²) in [5.41, 5.74) is 7.80. The van der Waals surface area contributed by atoms with Crippen LogP contribution in [0.25, 0.3) is 0 Å². The van der Waals surface area contributed by atoms with E-state index in [2.05, 4.69) is 26.2 Å². The molecule has 0 aromatic carbocycles. The van der Waals surface area contributed by atoms with E-state index < -0.39 is 0 Å². The number of anilines is 2. The van der Waals surface area contributed by atoms with Crippen LogP contribution in [0.4, 0.5) is 11.9 Å². The van der Waals surface area contributed by atoms with E-state index in [1.165, 1.54) is 5.56 Å². The summed E-state index contributed by atoms with van der Waals surface area (Å²) in [6.07, 6.45) is 1.98. The van der Waals surface area contributed by atoms with Gasteiger partial charge in [-0.3, -0.25) is 4.98 Å². The summed E-state index contributed by atoms with van der Waals surface area (Å²) in [5, 5.41) is 7.61. The SMILES string of the molecule is Cc1cc(CN(C)c2nnc(N)[nH]2)c[nH]1. The van der Waals surface area contributed by atoms with Crippen LogP contribution < -0.4 is 10.6 Å². The molecular formula is C9H14N6. The third kappa shape index (κ3) is 2.09. The molecule has 80 valence electrons. The lowest BCUT2D eigenvalue weighted by molar-refractivity contribution is 0.872. The number of aromatic amines is 2. The second-order valence-corrected chi connectivity index (χ2v) is 3.58. The Bertz CT molecular complexity index is 443. The molecule has 15 heavy (non-hydrogen) atoms. The highest BCUT2D eigenvalue weighted by atomic mass is 15.4. The molecule has 6 heteroatoms. The average molecular weight is 206 g/mol. The molecule has 0 saturated carbocycles. The first-order chi connectivity index (χ1) is 7.15. The van der Waals surface area contributed by atoms with E-state index in [0.29, 0.717) is 11.9 Å². The highest BCUT2D eigenvalue weighted by molar-refractivity contribution is 5.34. The van der Waals surface area contributed by atoms with Gasteiger partial charge in [-0.2, -0.15) is 0 Å². The van der Waals surface area contributed by atoms with Crippen LogP contribution in [-0.4, -0.2) is 27.2 Å². The molecule has 2 heterocycles. The monoisotopic (exact) mass is 206 g/mol. The Balaban J connectivity index is 2.06. The summed E-state index contributed by atoms with van der Waals surface area (Å²) in [6.45, 7) is 2.79. The van der Waals surface area contributed by atoms with Gasteiger partial charge in [-0.05, 0) is 18.6 Å². The van der Waals surface area contributed by atoms with Gasteiger partial charge >= 0.3 is 0 Å². The Labute approximate surface area is 87.5 Å². The van der Waals surface area contributed by atoms with Crippen LogP contribution in [0.5, 0.6) is 0 Å². The molecule has 2 rings (SSSR count). The second kappa shape index (κ2) is 3.64. The number of nitrogen functional groups attached to an aromatic ring is 1. The summed E-state index contributed by atoms with van der Waals surface area (Å²) in [6, 6.07) is 2.09. The molecular weight excluding hydrogens is 192 g/mol. The predicted octanol–water partition coefficient (Wildman–Crippen LogP) is 0.660. The van der Waals surface area contributed by atoms with Gasteiger partial charge in [0.25, 0.3) is 0 Å². The summed E-state index contributed by atoms with van der Waals surface area (Å²) >= 11 is 0. The van der Waals surface area contributed by atoms with E-state index >= 15 is 0 Å². The van der Waals surface area contributed by atoms with Crippen LogP contribution in [0.1, 0.15) is 11.3 Å². The third-order valence-electron chi connectivity index (χ3n) is 2.16. The number of nitrogens with zero attached hydrogens (tertiary/aromatic N) is 3. The van der Waals surface area contributed by atoms with Crippen LogP contribution in [0, 0.1) is 6.92 Å². The minimum Gasteiger partial charge on any atom is -0.368 e. The Morgan fingerprint density at radius 1 is 1.47 bits per heavy atom. The van der Waals surface area contributed by atoms with Crippen molar-refractivity contribution < 1.29 is 0 Å². The average Bonchev–Trinajstić information content (AvgIpc) is 2.75. The number of rotatable bonds is 3. The van der Waals surface area contributed by atoms with E-state index in [9.17, 15) is 0 Å². The molecule has 6 nitrogen and oxygen atoms in total. The van der Waals surface area contributed by atoms with Gasteiger partial charge in [0.2, 0.25) is 11.9 Å². The van der Waals surface area contributed by atoms with Gasteiger partial charge in [0.05, 0.1) is 0 Å². The number of nitrogens with two attached hydrogens (primary N) is 1. The van der Waals surface area contributed by atoms with E-state index in [1.54, 1.807) is 0 Å². The largest absolute Gasteiger partial charge is 0.368 e. The van der Waals surface area contributed by atoms with Gasteiger partial charge in [0.1, 0.15) is 0 Å². The zero-order valence-electron chi connectivity index (χ0n) is 8.78. The smallest absolute Gasteiger partial charge is 0.226 e. The number of nitrogens with one attached hydrogen (secondary N) is 2. The predicted molar refractivity (Wildman–Crippen MR) is 58.4 cm³/mol. The van der Waals surface area contributed by atoms with Crippen molar-refractivity contribution in [2.45, 2.75) is 13.5 Å². The van der Waals surface area contributed by atoms with Gasteiger partial charge in [-0.15, -0.1) is 10.2 Å². The fourth-order valence-corrected chi connectivity index (χ4v) is 1.45. The highest BCUT2D eigenvalue weighted by Crippen LogP contribution is 2.11. The molecule has 0 unspecified atom stereocenters. The number of hydrogen-bond donors (Lipinski definition) is 3. The molecule has 0 amide bonds. The van der Waals surface area contributed by atoms with Gasteiger partial charge in [-0.25, -0.2) is 0 Å². The molecule has 0 spiro atoms. The van der Waals surface area contributed by atoms with E-state index in [4.69, 9.17) is 5.73 Å². The molecule has 0 radical (unpaired) electrons. The van der Waals surface area contributed by atoms with Crippen LogP contribution in [0.3, 0.4) is 0 Å². The molecule has 0 aliphatic heterocycles. The van der Waals surface area contributed by atoms with Crippen molar-refractivity contribution in [2.75, 3.05) is 17.7 Å². The van der Waals surface area contributed by atoms with Crippen molar-refractivity contribution >= 4 is 11.9 Å². The zero-order chi connectivity index (χ0) is 10.8. The molecule has 0 saturated heterocycles. The summed E-state index contributed by atoms with van der Waals surface area (Å²) in [5.74, 6) is 1.01. The normalized spacial score (nSPS) is 10.5. The van der Waals surface area contributed by atoms with E-state index in [-0.39, 0.29) is 0 Å². The lowest BCUT2D eigenvalue weighted by atomic mass is 10.3. The second-order valence-electron chi connectivity index (χ2n) is 3.58. The van der Waals surface area contributed by atoms with E-state index in [0.717, 1.165) is 12.2 Å².